The van der Waals surface area contributed by atoms with Crippen LogP contribution >= 0.6 is 11.6 Å². The molecule has 3 rings (SSSR count). The second kappa shape index (κ2) is 8.33. The summed E-state index contributed by atoms with van der Waals surface area (Å²) in [5.41, 5.74) is 4.93. The third-order valence-corrected chi connectivity index (χ3v) is 4.27. The first-order chi connectivity index (χ1) is 13.0. The number of nitro groups is 1. The van der Waals surface area contributed by atoms with E-state index >= 15 is 0 Å². The summed E-state index contributed by atoms with van der Waals surface area (Å²) < 4.78 is 0. The number of para-hydroxylation sites is 1. The molecule has 0 unspecified atom stereocenters. The zero-order valence-corrected chi connectivity index (χ0v) is 14.9. The molecule has 0 aliphatic carbocycles. The Kier molecular flexibility index (Phi) is 5.68. The number of aromatic hydroxyl groups is 1. The number of nitrogens with zero attached hydrogens (tertiary/aromatic N) is 2. The molecule has 0 saturated carbocycles. The number of phenols is 1. The fraction of sp³-hybridized carbons (Fsp3) is 0.0500. The van der Waals surface area contributed by atoms with Crippen LogP contribution in [0, 0.1) is 10.1 Å². The average molecular weight is 382 g/mol. The van der Waals surface area contributed by atoms with Gasteiger partial charge in [-0.2, -0.15) is 5.10 Å². The minimum Gasteiger partial charge on any atom is -0.502 e. The van der Waals surface area contributed by atoms with Gasteiger partial charge in [-0.1, -0.05) is 48.0 Å². The number of anilines is 1. The van der Waals surface area contributed by atoms with Crippen LogP contribution in [0.5, 0.6) is 5.75 Å². The summed E-state index contributed by atoms with van der Waals surface area (Å²) >= 11 is 6.18. The predicted molar refractivity (Wildman–Crippen MR) is 107 cm³/mol. The third-order valence-electron chi connectivity index (χ3n) is 3.90. The van der Waals surface area contributed by atoms with Gasteiger partial charge in [-0.15, -0.1) is 0 Å². The minimum atomic E-state index is -0.618. The fourth-order valence-electron chi connectivity index (χ4n) is 2.59. The van der Waals surface area contributed by atoms with Gasteiger partial charge in [-0.3, -0.25) is 15.5 Å². The zero-order chi connectivity index (χ0) is 19.2. The molecule has 0 aliphatic rings. The van der Waals surface area contributed by atoms with Gasteiger partial charge >= 0.3 is 5.69 Å². The standard InChI is InChI=1S/C20H16ClN3O3/c21-18-9-5-4-6-15(18)10-14-11-16(20(25)19(12-14)24(26)27)13-22-23-17-7-2-1-3-8-17/h1-9,11-13,23,25H,10H2. The molecule has 0 bridgehead atoms. The van der Waals surface area contributed by atoms with Gasteiger partial charge in [0.05, 0.1) is 16.8 Å². The van der Waals surface area contributed by atoms with E-state index in [0.29, 0.717) is 17.0 Å². The van der Waals surface area contributed by atoms with Gasteiger partial charge in [0.25, 0.3) is 0 Å². The van der Waals surface area contributed by atoms with E-state index in [4.69, 9.17) is 11.6 Å². The first-order valence-corrected chi connectivity index (χ1v) is 8.50. The molecule has 0 aliphatic heterocycles. The fourth-order valence-corrected chi connectivity index (χ4v) is 2.79. The molecule has 0 saturated heterocycles. The molecule has 0 heterocycles. The second-order valence-electron chi connectivity index (χ2n) is 5.81. The monoisotopic (exact) mass is 381 g/mol. The number of nitro benzene ring substituents is 1. The number of rotatable bonds is 6. The molecule has 0 aromatic heterocycles. The van der Waals surface area contributed by atoms with Gasteiger partial charge < -0.3 is 5.11 Å². The quantitative estimate of drug-likeness (QED) is 0.357. The highest BCUT2D eigenvalue weighted by Gasteiger charge is 2.18. The summed E-state index contributed by atoms with van der Waals surface area (Å²) in [6.07, 6.45) is 1.75. The third kappa shape index (κ3) is 4.62. The van der Waals surface area contributed by atoms with Gasteiger partial charge in [0.15, 0.2) is 0 Å². The van der Waals surface area contributed by atoms with Crippen molar-refractivity contribution >= 4 is 29.2 Å². The molecule has 0 fully saturated rings. The number of halogens is 1. The van der Waals surface area contributed by atoms with Crippen molar-refractivity contribution in [3.63, 3.8) is 0 Å². The summed E-state index contributed by atoms with van der Waals surface area (Å²) in [7, 11) is 0. The van der Waals surface area contributed by atoms with Crippen molar-refractivity contribution < 1.29 is 10.0 Å². The van der Waals surface area contributed by atoms with Crippen LogP contribution in [0.4, 0.5) is 11.4 Å². The van der Waals surface area contributed by atoms with E-state index in [-0.39, 0.29) is 11.3 Å². The maximum absolute atomic E-state index is 11.3. The number of benzene rings is 3. The summed E-state index contributed by atoms with van der Waals surface area (Å²) in [6.45, 7) is 0. The van der Waals surface area contributed by atoms with Gasteiger partial charge in [0.2, 0.25) is 5.75 Å². The molecule has 0 amide bonds. The smallest absolute Gasteiger partial charge is 0.311 e. The Hall–Kier alpha value is -3.38. The maximum atomic E-state index is 11.3. The van der Waals surface area contributed by atoms with Crippen LogP contribution in [0.2, 0.25) is 5.02 Å². The Balaban J connectivity index is 1.91. The predicted octanol–water partition coefficient (Wildman–Crippen LogP) is 4.99. The first-order valence-electron chi connectivity index (χ1n) is 8.12. The van der Waals surface area contributed by atoms with E-state index < -0.39 is 10.7 Å². The van der Waals surface area contributed by atoms with E-state index in [1.54, 1.807) is 12.1 Å². The van der Waals surface area contributed by atoms with E-state index in [0.717, 1.165) is 11.3 Å². The van der Waals surface area contributed by atoms with Crippen LogP contribution in [0.15, 0.2) is 71.8 Å². The lowest BCUT2D eigenvalue weighted by molar-refractivity contribution is -0.385. The van der Waals surface area contributed by atoms with Crippen LogP contribution in [-0.2, 0) is 6.42 Å². The Labute approximate surface area is 160 Å². The van der Waals surface area contributed by atoms with Gasteiger partial charge in [-0.05, 0) is 41.8 Å². The zero-order valence-electron chi connectivity index (χ0n) is 14.2. The van der Waals surface area contributed by atoms with Crippen molar-refractivity contribution in [1.82, 2.24) is 0 Å². The first kappa shape index (κ1) is 18.4. The topological polar surface area (TPSA) is 87.8 Å². The molecular weight excluding hydrogens is 366 g/mol. The number of phenolic OH excluding ortho intramolecular Hbond substituents is 1. The van der Waals surface area contributed by atoms with Crippen molar-refractivity contribution in [3.8, 4) is 5.75 Å². The Morgan fingerprint density at radius 1 is 1.11 bits per heavy atom. The number of hydrogen-bond donors (Lipinski definition) is 2. The van der Waals surface area contributed by atoms with Gasteiger partial charge in [-0.25, -0.2) is 0 Å². The maximum Gasteiger partial charge on any atom is 0.311 e. The lowest BCUT2D eigenvalue weighted by Crippen LogP contribution is -1.98. The molecule has 6 nitrogen and oxygen atoms in total. The highest BCUT2D eigenvalue weighted by atomic mass is 35.5. The second-order valence-corrected chi connectivity index (χ2v) is 6.22. The molecule has 27 heavy (non-hydrogen) atoms. The van der Waals surface area contributed by atoms with Crippen molar-refractivity contribution in [2.75, 3.05) is 5.43 Å². The minimum absolute atomic E-state index is 0.245. The Bertz CT molecular complexity index is 991. The van der Waals surface area contributed by atoms with Gasteiger partial charge in [0.1, 0.15) is 0 Å². The molecule has 3 aromatic rings. The van der Waals surface area contributed by atoms with Crippen LogP contribution in [0.3, 0.4) is 0 Å². The van der Waals surface area contributed by atoms with Crippen LogP contribution in [-0.4, -0.2) is 16.2 Å². The highest BCUT2D eigenvalue weighted by Crippen LogP contribution is 2.32. The molecule has 0 radical (unpaired) electrons. The van der Waals surface area contributed by atoms with E-state index in [1.165, 1.54) is 12.3 Å². The lowest BCUT2D eigenvalue weighted by atomic mass is 10.0. The molecule has 2 N–H and O–H groups in total. The van der Waals surface area contributed by atoms with Crippen LogP contribution in [0.1, 0.15) is 16.7 Å². The van der Waals surface area contributed by atoms with Crippen molar-refractivity contribution in [2.24, 2.45) is 5.10 Å². The van der Waals surface area contributed by atoms with Crippen LogP contribution in [0.25, 0.3) is 0 Å². The Morgan fingerprint density at radius 2 is 1.81 bits per heavy atom. The normalized spacial score (nSPS) is 10.9. The molecule has 0 atom stereocenters. The molecule has 3 aromatic carbocycles. The molecular formula is C20H16ClN3O3. The number of hydrogen-bond acceptors (Lipinski definition) is 5. The van der Waals surface area contributed by atoms with Crippen molar-refractivity contribution in [3.05, 3.63) is 98.6 Å². The van der Waals surface area contributed by atoms with E-state index in [9.17, 15) is 15.2 Å². The SMILES string of the molecule is O=[N+]([O-])c1cc(Cc2ccccc2Cl)cc(C=NNc2ccccc2)c1O. The molecule has 0 spiro atoms. The largest absolute Gasteiger partial charge is 0.502 e. The van der Waals surface area contributed by atoms with Crippen LogP contribution < -0.4 is 5.43 Å². The van der Waals surface area contributed by atoms with E-state index in [2.05, 4.69) is 10.5 Å². The van der Waals surface area contributed by atoms with Crippen molar-refractivity contribution in [1.29, 1.82) is 0 Å². The van der Waals surface area contributed by atoms with Gasteiger partial charge in [0, 0.05) is 16.7 Å². The highest BCUT2D eigenvalue weighted by molar-refractivity contribution is 6.31. The summed E-state index contributed by atoms with van der Waals surface area (Å²) in [6, 6.07) is 19.5. The van der Waals surface area contributed by atoms with Crippen molar-refractivity contribution in [2.45, 2.75) is 6.42 Å². The average Bonchev–Trinajstić information content (AvgIpc) is 2.66. The molecule has 136 valence electrons. The summed E-state index contributed by atoms with van der Waals surface area (Å²) in [5.74, 6) is -0.429. The number of hydrazone groups is 1. The Morgan fingerprint density at radius 3 is 2.52 bits per heavy atom. The number of nitrogens with one attached hydrogen (secondary N) is 1. The van der Waals surface area contributed by atoms with E-state index in [1.807, 2.05) is 48.5 Å². The molecule has 7 heteroatoms. The summed E-state index contributed by atoms with van der Waals surface area (Å²) in [5, 5.41) is 26.1. The summed E-state index contributed by atoms with van der Waals surface area (Å²) in [4.78, 5) is 10.7. The lowest BCUT2D eigenvalue weighted by Gasteiger charge is -2.08.